The molecule has 9 heteroatoms. The van der Waals surface area contributed by atoms with Crippen LogP contribution >= 0.6 is 0 Å². The Bertz CT molecular complexity index is 1250. The van der Waals surface area contributed by atoms with Crippen molar-refractivity contribution in [2.24, 2.45) is 0 Å². The van der Waals surface area contributed by atoms with E-state index in [9.17, 15) is 15.2 Å². The molecule has 2 heterocycles. The molecule has 4 rings (SSSR count). The van der Waals surface area contributed by atoms with E-state index < -0.39 is 5.97 Å². The molecule has 35 heavy (non-hydrogen) atoms. The number of ether oxygens (including phenoxy) is 1. The van der Waals surface area contributed by atoms with Crippen LogP contribution in [0.2, 0.25) is 0 Å². The number of fused-ring (bicyclic) bond motifs is 1. The van der Waals surface area contributed by atoms with E-state index in [2.05, 4.69) is 34.1 Å². The first-order valence-electron chi connectivity index (χ1n) is 11.4. The zero-order valence-corrected chi connectivity index (χ0v) is 22.6. The number of nitriles is 1. The van der Waals surface area contributed by atoms with Gasteiger partial charge in [-0.1, -0.05) is 17.3 Å². The fourth-order valence-corrected chi connectivity index (χ4v) is 4.34. The Balaban J connectivity index is 0.00000342. The largest absolute Gasteiger partial charge is 1.00 e. The van der Waals surface area contributed by atoms with Gasteiger partial charge in [0, 0.05) is 30.2 Å². The van der Waals surface area contributed by atoms with Crippen LogP contribution in [0.4, 0.5) is 0 Å². The predicted octanol–water partition coefficient (Wildman–Crippen LogP) is 0.263. The van der Waals surface area contributed by atoms with Crippen LogP contribution in [-0.2, 0) is 17.8 Å². The average molecular weight is 483 g/mol. The molecule has 0 amide bonds. The zero-order valence-electron chi connectivity index (χ0n) is 20.6. The van der Waals surface area contributed by atoms with E-state index in [-0.39, 0.29) is 42.1 Å². The second kappa shape index (κ2) is 11.8. The maximum absolute atomic E-state index is 10.7. The van der Waals surface area contributed by atoms with Crippen LogP contribution in [0.1, 0.15) is 48.9 Å². The van der Waals surface area contributed by atoms with E-state index in [0.717, 1.165) is 37.2 Å². The van der Waals surface area contributed by atoms with Crippen molar-refractivity contribution < 1.29 is 48.7 Å². The van der Waals surface area contributed by atoms with Crippen LogP contribution in [0.5, 0.6) is 5.75 Å². The van der Waals surface area contributed by atoms with Crippen LogP contribution in [0, 0.1) is 18.3 Å². The number of carbonyl (C=O) groups excluding carboxylic acids is 1. The van der Waals surface area contributed by atoms with Gasteiger partial charge in [0.15, 0.2) is 0 Å². The van der Waals surface area contributed by atoms with Crippen molar-refractivity contribution in [1.29, 1.82) is 5.26 Å². The van der Waals surface area contributed by atoms with E-state index in [1.54, 1.807) is 12.1 Å². The van der Waals surface area contributed by atoms with E-state index >= 15 is 0 Å². The van der Waals surface area contributed by atoms with Crippen molar-refractivity contribution in [1.82, 2.24) is 15.0 Å². The summed E-state index contributed by atoms with van der Waals surface area (Å²) in [4.78, 5) is 17.5. The molecule has 1 aromatic heterocycles. The number of nitrogens with zero attached hydrogens (tertiary/aromatic N) is 4. The van der Waals surface area contributed by atoms with E-state index in [1.807, 2.05) is 26.0 Å². The van der Waals surface area contributed by atoms with Gasteiger partial charge in [-0.15, -0.1) is 0 Å². The van der Waals surface area contributed by atoms with Crippen molar-refractivity contribution in [2.45, 2.75) is 52.7 Å². The molecule has 2 aromatic carbocycles. The summed E-state index contributed by atoms with van der Waals surface area (Å²) in [5.74, 6) is 0.382. The normalized spacial score (nSPS) is 13.1. The minimum Gasteiger partial charge on any atom is -0.550 e. The molecule has 1 aliphatic rings. The number of rotatable bonds is 8. The summed E-state index contributed by atoms with van der Waals surface area (Å²) in [6.07, 6.45) is 1.53. The van der Waals surface area contributed by atoms with Crippen LogP contribution in [0.3, 0.4) is 0 Å². The van der Waals surface area contributed by atoms with Crippen LogP contribution in [0.25, 0.3) is 22.8 Å². The molecule has 0 fully saturated rings. The van der Waals surface area contributed by atoms with Gasteiger partial charge in [-0.25, -0.2) is 0 Å². The molecule has 176 valence electrons. The quantitative estimate of drug-likeness (QED) is 0.420. The molecule has 0 N–H and O–H groups in total. The smallest absolute Gasteiger partial charge is 0.550 e. The number of hydrogen-bond acceptors (Lipinski definition) is 8. The number of carbonyl (C=O) groups is 1. The van der Waals surface area contributed by atoms with Crippen LogP contribution in [-0.4, -0.2) is 40.2 Å². The average Bonchev–Trinajstić information content (AvgIpc) is 3.29. The minimum absolute atomic E-state index is 0. The fourth-order valence-electron chi connectivity index (χ4n) is 4.34. The zero-order chi connectivity index (χ0) is 24.2. The molecule has 0 spiro atoms. The second-order valence-corrected chi connectivity index (χ2v) is 8.79. The van der Waals surface area contributed by atoms with Gasteiger partial charge in [-0.3, -0.25) is 4.90 Å². The first-order valence-corrected chi connectivity index (χ1v) is 11.4. The summed E-state index contributed by atoms with van der Waals surface area (Å²) < 4.78 is 11.2. The molecule has 0 unspecified atom stereocenters. The summed E-state index contributed by atoms with van der Waals surface area (Å²) in [6.45, 7) is 8.31. The van der Waals surface area contributed by atoms with Gasteiger partial charge in [0.1, 0.15) is 11.8 Å². The molecule has 0 saturated carbocycles. The Morgan fingerprint density at radius 2 is 2.11 bits per heavy atom. The third-order valence-corrected chi connectivity index (χ3v) is 6.00. The standard InChI is InChI=1S/C26H28N4O4.Na/c1-16(2)33-23-9-7-18(13-20(23)14-27)26-28-25(29-34-26)22-8-6-19-15-30(11-4-5-24(31)32)12-10-21(19)17(22)3;/h6-9,13,16H,4-5,10-12,15H2,1-3H3,(H,31,32);/q;+1/p-1. The topological polar surface area (TPSA) is 115 Å². The van der Waals surface area contributed by atoms with Crippen molar-refractivity contribution in [3.05, 3.63) is 52.6 Å². The summed E-state index contributed by atoms with van der Waals surface area (Å²) in [5.41, 5.74) is 5.64. The molecule has 0 aliphatic carbocycles. The maximum atomic E-state index is 10.7. The van der Waals surface area contributed by atoms with E-state index in [4.69, 9.17) is 9.26 Å². The molecule has 0 radical (unpaired) electrons. The SMILES string of the molecule is Cc1c(-c2noc(-c3ccc(OC(C)C)c(C#N)c3)n2)ccc2c1CCN(CCCC(=O)[O-])C2.[Na+]. The summed E-state index contributed by atoms with van der Waals surface area (Å²) >= 11 is 0. The summed E-state index contributed by atoms with van der Waals surface area (Å²) in [7, 11) is 0. The van der Waals surface area contributed by atoms with Gasteiger partial charge >= 0.3 is 29.6 Å². The monoisotopic (exact) mass is 482 g/mol. The maximum Gasteiger partial charge on any atom is 1.00 e. The van der Waals surface area contributed by atoms with Gasteiger partial charge in [-0.2, -0.15) is 10.2 Å². The Labute approximate surface area is 227 Å². The third kappa shape index (κ3) is 6.30. The summed E-state index contributed by atoms with van der Waals surface area (Å²) in [6, 6.07) is 11.5. The number of hydrogen-bond donors (Lipinski definition) is 0. The van der Waals surface area contributed by atoms with Gasteiger partial charge in [0.2, 0.25) is 5.82 Å². The Morgan fingerprint density at radius 1 is 1.31 bits per heavy atom. The number of carboxylic acid groups (broad SMARTS) is 1. The van der Waals surface area contributed by atoms with Crippen molar-refractivity contribution in [3.63, 3.8) is 0 Å². The molecular weight excluding hydrogens is 455 g/mol. The summed E-state index contributed by atoms with van der Waals surface area (Å²) in [5, 5.41) is 24.4. The van der Waals surface area contributed by atoms with Gasteiger partial charge in [-0.05, 0) is 81.5 Å². The van der Waals surface area contributed by atoms with Crippen molar-refractivity contribution >= 4 is 5.97 Å². The molecule has 1 aliphatic heterocycles. The molecule has 0 saturated heterocycles. The number of aliphatic carboxylic acids is 1. The Hall–Kier alpha value is -2.70. The Morgan fingerprint density at radius 3 is 2.83 bits per heavy atom. The minimum atomic E-state index is -0.999. The van der Waals surface area contributed by atoms with Gasteiger partial charge in [0.25, 0.3) is 5.89 Å². The molecule has 3 aromatic rings. The van der Waals surface area contributed by atoms with E-state index in [1.165, 1.54) is 11.1 Å². The van der Waals surface area contributed by atoms with E-state index in [0.29, 0.717) is 35.0 Å². The van der Waals surface area contributed by atoms with Gasteiger partial charge < -0.3 is 19.2 Å². The Kier molecular flexibility index (Phi) is 9.09. The predicted molar refractivity (Wildman–Crippen MR) is 124 cm³/mol. The van der Waals surface area contributed by atoms with Crippen molar-refractivity contribution in [3.8, 4) is 34.7 Å². The first-order chi connectivity index (χ1) is 16.4. The fraction of sp³-hybridized carbons (Fsp3) is 0.385. The third-order valence-electron chi connectivity index (χ3n) is 6.00. The molecular formula is C26H27N4NaO4. The number of carboxylic acids is 1. The second-order valence-electron chi connectivity index (χ2n) is 8.79. The number of benzene rings is 2. The number of aromatic nitrogens is 2. The van der Waals surface area contributed by atoms with Crippen molar-refractivity contribution in [2.75, 3.05) is 13.1 Å². The molecule has 0 atom stereocenters. The molecule has 8 nitrogen and oxygen atoms in total. The van der Waals surface area contributed by atoms with Crippen LogP contribution in [0.15, 0.2) is 34.9 Å². The first kappa shape index (κ1) is 26.9. The van der Waals surface area contributed by atoms with Gasteiger partial charge in [0.05, 0.1) is 11.7 Å². The van der Waals surface area contributed by atoms with Crippen LogP contribution < -0.4 is 39.4 Å². The molecule has 0 bridgehead atoms.